The van der Waals surface area contributed by atoms with Crippen molar-refractivity contribution in [2.45, 2.75) is 26.5 Å². The number of benzene rings is 2. The van der Waals surface area contributed by atoms with Crippen LogP contribution in [0, 0.1) is 13.8 Å². The van der Waals surface area contributed by atoms with Crippen molar-refractivity contribution >= 4 is 0 Å². The third-order valence-corrected chi connectivity index (χ3v) is 5.02. The Balaban J connectivity index is 1.49. The van der Waals surface area contributed by atoms with E-state index < -0.39 is 0 Å². The van der Waals surface area contributed by atoms with E-state index in [0.29, 0.717) is 24.9 Å². The maximum absolute atomic E-state index is 11.3. The highest BCUT2D eigenvalue weighted by Gasteiger charge is 2.24. The Hall–Kier alpha value is -3.28. The van der Waals surface area contributed by atoms with Gasteiger partial charge >= 0.3 is 0 Å². The summed E-state index contributed by atoms with van der Waals surface area (Å²) in [7, 11) is 1.66. The van der Waals surface area contributed by atoms with Crippen LogP contribution in [0.15, 0.2) is 53.5 Å². The number of hydrogen-bond donors (Lipinski definition) is 0. The summed E-state index contributed by atoms with van der Waals surface area (Å²) in [6, 6.07) is 13.8. The van der Waals surface area contributed by atoms with Crippen LogP contribution in [0.25, 0.3) is 11.1 Å². The molecule has 28 heavy (non-hydrogen) atoms. The highest BCUT2D eigenvalue weighted by molar-refractivity contribution is 5.75. The van der Waals surface area contributed by atoms with Gasteiger partial charge < -0.3 is 14.2 Å². The number of hydrogen-bond acceptors (Lipinski definition) is 5. The molecule has 0 fully saturated rings. The van der Waals surface area contributed by atoms with Gasteiger partial charge in [0.25, 0.3) is 11.6 Å². The summed E-state index contributed by atoms with van der Waals surface area (Å²) in [5, 5.41) is 0. The van der Waals surface area contributed by atoms with Gasteiger partial charge in [0.1, 0.15) is 18.1 Å². The highest BCUT2D eigenvalue weighted by atomic mass is 16.6. The van der Waals surface area contributed by atoms with Crippen LogP contribution in [0.4, 0.5) is 0 Å². The zero-order chi connectivity index (χ0) is 19.7. The monoisotopic (exact) mass is 378 g/mol. The second-order valence-electron chi connectivity index (χ2n) is 6.86. The van der Waals surface area contributed by atoms with Crippen LogP contribution in [-0.2, 0) is 6.54 Å². The maximum Gasteiger partial charge on any atom is 0.300 e. The SMILES string of the molecule is COc1cc(OCC2Cn3ccc(=O)nc3O2)ccc1-c1cccc(C)c1C. The van der Waals surface area contributed by atoms with Gasteiger partial charge in [-0.2, -0.15) is 4.98 Å². The second kappa shape index (κ2) is 7.38. The maximum atomic E-state index is 11.3. The Morgan fingerprint density at radius 3 is 2.86 bits per heavy atom. The second-order valence-corrected chi connectivity index (χ2v) is 6.86. The van der Waals surface area contributed by atoms with Crippen LogP contribution in [0.2, 0.25) is 0 Å². The summed E-state index contributed by atoms with van der Waals surface area (Å²) in [6.07, 6.45) is 1.49. The number of methoxy groups -OCH3 is 1. The minimum atomic E-state index is -0.306. The molecule has 6 nitrogen and oxygen atoms in total. The van der Waals surface area contributed by atoms with Gasteiger partial charge in [-0.3, -0.25) is 9.36 Å². The van der Waals surface area contributed by atoms with Gasteiger partial charge in [0.05, 0.1) is 13.7 Å². The minimum absolute atomic E-state index is 0.195. The first kappa shape index (κ1) is 18.1. The standard InChI is InChI=1S/C22H22N2O4/c1-14-5-4-6-18(15(14)2)19-8-7-16(11-20(19)26-3)27-13-17-12-24-10-9-21(25)23-22(24)28-17/h4-11,17H,12-13H2,1-3H3. The van der Waals surface area contributed by atoms with Crippen molar-refractivity contribution < 1.29 is 14.2 Å². The van der Waals surface area contributed by atoms with Crippen LogP contribution < -0.4 is 19.8 Å². The number of ether oxygens (including phenoxy) is 3. The van der Waals surface area contributed by atoms with E-state index in [1.165, 1.54) is 17.2 Å². The molecular weight excluding hydrogens is 356 g/mol. The van der Waals surface area contributed by atoms with Crippen molar-refractivity contribution in [3.05, 3.63) is 70.1 Å². The molecular formula is C22H22N2O4. The summed E-state index contributed by atoms with van der Waals surface area (Å²) in [4.78, 5) is 15.2. The summed E-state index contributed by atoms with van der Waals surface area (Å²) >= 11 is 0. The third-order valence-electron chi connectivity index (χ3n) is 5.02. The van der Waals surface area contributed by atoms with E-state index in [1.807, 2.05) is 18.2 Å². The fourth-order valence-electron chi connectivity index (χ4n) is 3.35. The lowest BCUT2D eigenvalue weighted by molar-refractivity contribution is 0.143. The summed E-state index contributed by atoms with van der Waals surface area (Å²) in [5.74, 6) is 1.46. The Bertz CT molecular complexity index is 1070. The third kappa shape index (κ3) is 3.45. The van der Waals surface area contributed by atoms with E-state index in [2.05, 4.69) is 37.0 Å². The molecule has 1 aliphatic heterocycles. The van der Waals surface area contributed by atoms with Gasteiger partial charge in [-0.15, -0.1) is 0 Å². The Kier molecular flexibility index (Phi) is 4.77. The van der Waals surface area contributed by atoms with Crippen molar-refractivity contribution in [3.8, 4) is 28.6 Å². The lowest BCUT2D eigenvalue weighted by Crippen LogP contribution is -2.23. The number of nitrogens with zero attached hydrogens (tertiary/aromatic N) is 2. The van der Waals surface area contributed by atoms with E-state index in [0.717, 1.165) is 16.9 Å². The molecule has 0 radical (unpaired) electrons. The van der Waals surface area contributed by atoms with Crippen molar-refractivity contribution in [2.24, 2.45) is 0 Å². The molecule has 1 aromatic heterocycles. The first-order valence-electron chi connectivity index (χ1n) is 9.16. The van der Waals surface area contributed by atoms with Gasteiger partial charge in [0.15, 0.2) is 6.10 Å². The van der Waals surface area contributed by atoms with Gasteiger partial charge in [-0.05, 0) is 42.7 Å². The number of aryl methyl sites for hydroxylation is 1. The molecule has 2 heterocycles. The zero-order valence-corrected chi connectivity index (χ0v) is 16.1. The number of rotatable bonds is 5. The van der Waals surface area contributed by atoms with Crippen LogP contribution in [0.3, 0.4) is 0 Å². The minimum Gasteiger partial charge on any atom is -0.496 e. The van der Waals surface area contributed by atoms with Gasteiger partial charge in [0, 0.05) is 23.9 Å². The molecule has 0 aliphatic carbocycles. The average molecular weight is 378 g/mol. The van der Waals surface area contributed by atoms with Crippen LogP contribution in [0.5, 0.6) is 17.5 Å². The van der Waals surface area contributed by atoms with E-state index in [-0.39, 0.29) is 11.7 Å². The molecule has 2 aromatic carbocycles. The Morgan fingerprint density at radius 2 is 2.04 bits per heavy atom. The van der Waals surface area contributed by atoms with Crippen molar-refractivity contribution in [3.63, 3.8) is 0 Å². The van der Waals surface area contributed by atoms with Gasteiger partial charge in [-0.1, -0.05) is 18.2 Å². The van der Waals surface area contributed by atoms with Crippen LogP contribution in [-0.4, -0.2) is 29.4 Å². The quantitative estimate of drug-likeness (QED) is 0.681. The zero-order valence-electron chi connectivity index (χ0n) is 16.1. The summed E-state index contributed by atoms with van der Waals surface area (Å²) in [6.45, 7) is 5.16. The molecule has 0 bridgehead atoms. The summed E-state index contributed by atoms with van der Waals surface area (Å²) in [5.41, 5.74) is 4.34. The molecule has 144 valence electrons. The number of fused-ring (bicyclic) bond motifs is 1. The molecule has 1 aliphatic rings. The summed E-state index contributed by atoms with van der Waals surface area (Å²) < 4.78 is 19.0. The molecule has 0 saturated heterocycles. The van der Waals surface area contributed by atoms with E-state index in [1.54, 1.807) is 17.9 Å². The molecule has 1 unspecified atom stereocenters. The van der Waals surface area contributed by atoms with Gasteiger partial charge in [0.2, 0.25) is 0 Å². The Labute approximate surface area is 163 Å². The largest absolute Gasteiger partial charge is 0.496 e. The highest BCUT2D eigenvalue weighted by Crippen LogP contribution is 2.36. The van der Waals surface area contributed by atoms with Crippen molar-refractivity contribution in [1.29, 1.82) is 0 Å². The van der Waals surface area contributed by atoms with Crippen LogP contribution >= 0.6 is 0 Å². The lowest BCUT2D eigenvalue weighted by atomic mass is 9.96. The molecule has 6 heteroatoms. The van der Waals surface area contributed by atoms with Crippen molar-refractivity contribution in [2.75, 3.05) is 13.7 Å². The Morgan fingerprint density at radius 1 is 1.18 bits per heavy atom. The van der Waals surface area contributed by atoms with E-state index in [9.17, 15) is 4.79 Å². The normalized spacial score (nSPS) is 15.0. The molecule has 0 N–H and O–H groups in total. The number of aromatic nitrogens is 2. The lowest BCUT2D eigenvalue weighted by Gasteiger charge is -2.16. The molecule has 3 aromatic rings. The molecule has 1 atom stereocenters. The molecule has 0 amide bonds. The molecule has 0 spiro atoms. The smallest absolute Gasteiger partial charge is 0.300 e. The van der Waals surface area contributed by atoms with E-state index >= 15 is 0 Å². The first-order valence-corrected chi connectivity index (χ1v) is 9.16. The molecule has 4 rings (SSSR count). The molecule has 0 saturated carbocycles. The predicted octanol–water partition coefficient (Wildman–Crippen LogP) is 3.38. The fraction of sp³-hybridized carbons (Fsp3) is 0.273. The van der Waals surface area contributed by atoms with E-state index in [4.69, 9.17) is 14.2 Å². The first-order chi connectivity index (χ1) is 13.5. The average Bonchev–Trinajstić information content (AvgIpc) is 3.10. The van der Waals surface area contributed by atoms with Gasteiger partial charge in [-0.25, -0.2) is 0 Å². The van der Waals surface area contributed by atoms with Crippen molar-refractivity contribution in [1.82, 2.24) is 9.55 Å². The van der Waals surface area contributed by atoms with Crippen LogP contribution in [0.1, 0.15) is 11.1 Å². The topological polar surface area (TPSA) is 62.6 Å². The predicted molar refractivity (Wildman–Crippen MR) is 106 cm³/mol. The fourth-order valence-corrected chi connectivity index (χ4v) is 3.35.